The summed E-state index contributed by atoms with van der Waals surface area (Å²) >= 11 is 0. The number of amides is 1. The molecule has 202 valence electrons. The summed E-state index contributed by atoms with van der Waals surface area (Å²) in [5.41, 5.74) is 12.1. The van der Waals surface area contributed by atoms with Gasteiger partial charge in [-0.25, -0.2) is 9.13 Å². The molecule has 2 aromatic heterocycles. The molecule has 2 aromatic carbocycles. The van der Waals surface area contributed by atoms with Gasteiger partial charge in [-0.2, -0.15) is 0 Å². The number of aryl methyl sites for hydroxylation is 4. The van der Waals surface area contributed by atoms with Crippen molar-refractivity contribution in [3.8, 4) is 11.1 Å². The third kappa shape index (κ3) is 8.61. The lowest BCUT2D eigenvalue weighted by Crippen LogP contribution is -2.33. The van der Waals surface area contributed by atoms with Crippen molar-refractivity contribution in [2.45, 2.75) is 71.4 Å². The first-order chi connectivity index (χ1) is 19.0. The minimum atomic E-state index is -0.187. The van der Waals surface area contributed by atoms with Crippen molar-refractivity contribution in [2.75, 3.05) is 0 Å². The highest BCUT2D eigenvalue weighted by atomic mass is 16.1. The molecule has 0 aliphatic carbocycles. The predicted octanol–water partition coefficient (Wildman–Crippen LogP) is 6.20. The molecule has 0 aliphatic rings. The molecule has 2 atom stereocenters. The lowest BCUT2D eigenvalue weighted by Gasteiger charge is -2.17. The molecule has 2 unspecified atom stereocenters. The largest absolute Gasteiger partial charge is 0.369 e. The molecule has 0 spiro atoms. The van der Waals surface area contributed by atoms with Gasteiger partial charge in [-0.05, 0) is 59.4 Å². The maximum atomic E-state index is 11.6. The summed E-state index contributed by atoms with van der Waals surface area (Å²) in [7, 11) is 0. The van der Waals surface area contributed by atoms with E-state index < -0.39 is 0 Å². The van der Waals surface area contributed by atoms with E-state index in [1.54, 1.807) is 0 Å². The van der Waals surface area contributed by atoms with Crippen molar-refractivity contribution in [1.29, 1.82) is 0 Å². The third-order valence-corrected chi connectivity index (χ3v) is 7.80. The van der Waals surface area contributed by atoms with E-state index in [2.05, 4.69) is 120 Å². The molecule has 0 bridgehead atoms. The molecule has 0 radical (unpaired) electrons. The first-order valence-corrected chi connectivity index (χ1v) is 14.4. The zero-order valence-electron chi connectivity index (χ0n) is 23.5. The van der Waals surface area contributed by atoms with Gasteiger partial charge in [-0.1, -0.05) is 68.4 Å². The van der Waals surface area contributed by atoms with Gasteiger partial charge in [-0.3, -0.25) is 4.79 Å². The fraction of sp³-hybridized carbons (Fsp3) is 0.343. The van der Waals surface area contributed by atoms with Gasteiger partial charge in [0.15, 0.2) is 24.8 Å². The number of primary amides is 1. The molecular formula is C35H43N3O+2. The second kappa shape index (κ2) is 14.4. The zero-order chi connectivity index (χ0) is 27.5. The van der Waals surface area contributed by atoms with Gasteiger partial charge in [0.05, 0.1) is 0 Å². The highest BCUT2D eigenvalue weighted by Crippen LogP contribution is 2.25. The van der Waals surface area contributed by atoms with Gasteiger partial charge in [0.2, 0.25) is 5.91 Å². The van der Waals surface area contributed by atoms with Crippen molar-refractivity contribution in [1.82, 2.24) is 0 Å². The van der Waals surface area contributed by atoms with E-state index in [0.717, 1.165) is 51.6 Å². The lowest BCUT2D eigenvalue weighted by molar-refractivity contribution is -0.697. The number of aromatic nitrogens is 2. The van der Waals surface area contributed by atoms with Crippen LogP contribution in [0.4, 0.5) is 0 Å². The van der Waals surface area contributed by atoms with Crippen LogP contribution in [0.15, 0.2) is 104 Å². The summed E-state index contributed by atoms with van der Waals surface area (Å²) in [5.74, 6) is 0.102. The zero-order valence-corrected chi connectivity index (χ0v) is 23.5. The summed E-state index contributed by atoms with van der Waals surface area (Å²) in [5, 5.41) is 0. The molecule has 39 heavy (non-hydrogen) atoms. The summed E-state index contributed by atoms with van der Waals surface area (Å²) in [6.07, 6.45) is 14.7. The normalized spacial score (nSPS) is 12.7. The van der Waals surface area contributed by atoms with Gasteiger partial charge in [0.1, 0.15) is 13.1 Å². The van der Waals surface area contributed by atoms with E-state index in [9.17, 15) is 4.79 Å². The molecule has 2 N–H and O–H groups in total. The van der Waals surface area contributed by atoms with Crippen LogP contribution in [0.3, 0.4) is 0 Å². The molecule has 4 nitrogen and oxygen atoms in total. The summed E-state index contributed by atoms with van der Waals surface area (Å²) < 4.78 is 4.53. The molecule has 0 aliphatic heterocycles. The lowest BCUT2D eigenvalue weighted by atomic mass is 9.88. The van der Waals surface area contributed by atoms with E-state index in [4.69, 9.17) is 5.73 Å². The van der Waals surface area contributed by atoms with Crippen molar-refractivity contribution < 1.29 is 13.9 Å². The smallest absolute Gasteiger partial charge is 0.220 e. The first-order valence-electron chi connectivity index (χ1n) is 14.4. The molecule has 0 fully saturated rings. The number of rotatable bonds is 14. The van der Waals surface area contributed by atoms with Gasteiger partial charge < -0.3 is 5.73 Å². The third-order valence-electron chi connectivity index (χ3n) is 7.80. The van der Waals surface area contributed by atoms with E-state index in [1.807, 2.05) is 6.92 Å². The standard InChI is InChI=1S/C35H42N3O/c1-3-31(35(36)39)27-28(2)32-15-13-30(14-16-32)12-8-22-38-25-19-34(20-26-38)33-17-23-37(24-18-33)21-7-11-29-9-5-4-6-10-29/h4-6,9-10,13-20,23-26,28,31H,3,7-8,11-12,21-22,27H2,1-2H3,(H-,36,39)/q+1/p+1. The Bertz CT molecular complexity index is 1280. The second-order valence-electron chi connectivity index (χ2n) is 10.7. The Hall–Kier alpha value is -3.79. The number of nitrogens with two attached hydrogens (primary N) is 1. The Morgan fingerprint density at radius 2 is 1.21 bits per heavy atom. The topological polar surface area (TPSA) is 50.9 Å². The average molecular weight is 522 g/mol. The fourth-order valence-corrected chi connectivity index (χ4v) is 5.23. The minimum absolute atomic E-state index is 0.0449. The van der Waals surface area contributed by atoms with Crippen LogP contribution in [-0.2, 0) is 30.7 Å². The van der Waals surface area contributed by atoms with E-state index >= 15 is 0 Å². The first kappa shape index (κ1) is 28.2. The maximum Gasteiger partial charge on any atom is 0.220 e. The van der Waals surface area contributed by atoms with Crippen LogP contribution in [0.2, 0.25) is 0 Å². The van der Waals surface area contributed by atoms with E-state index in [0.29, 0.717) is 5.92 Å². The summed E-state index contributed by atoms with van der Waals surface area (Å²) in [4.78, 5) is 11.6. The van der Waals surface area contributed by atoms with Crippen LogP contribution in [0.25, 0.3) is 11.1 Å². The number of hydrogen-bond donors (Lipinski definition) is 1. The second-order valence-corrected chi connectivity index (χ2v) is 10.7. The Labute approximate surface area is 234 Å². The Balaban J connectivity index is 1.21. The molecule has 2 heterocycles. The van der Waals surface area contributed by atoms with E-state index in [-0.39, 0.29) is 11.8 Å². The van der Waals surface area contributed by atoms with Crippen LogP contribution < -0.4 is 14.9 Å². The molecular weight excluding hydrogens is 478 g/mol. The monoisotopic (exact) mass is 521 g/mol. The number of hydrogen-bond acceptors (Lipinski definition) is 1. The van der Waals surface area contributed by atoms with Crippen molar-refractivity contribution in [3.63, 3.8) is 0 Å². The molecule has 1 amide bonds. The van der Waals surface area contributed by atoms with Gasteiger partial charge in [0.25, 0.3) is 0 Å². The number of pyridine rings is 2. The van der Waals surface area contributed by atoms with Crippen LogP contribution >= 0.6 is 0 Å². The summed E-state index contributed by atoms with van der Waals surface area (Å²) in [6.45, 7) is 6.23. The van der Waals surface area contributed by atoms with Gasteiger partial charge in [-0.15, -0.1) is 0 Å². The average Bonchev–Trinajstić information content (AvgIpc) is 2.97. The van der Waals surface area contributed by atoms with Crippen LogP contribution in [0, 0.1) is 5.92 Å². The molecule has 4 aromatic rings. The fourth-order valence-electron chi connectivity index (χ4n) is 5.23. The van der Waals surface area contributed by atoms with Crippen LogP contribution in [-0.4, -0.2) is 5.91 Å². The highest BCUT2D eigenvalue weighted by Gasteiger charge is 2.17. The maximum absolute atomic E-state index is 11.6. The summed E-state index contributed by atoms with van der Waals surface area (Å²) in [6, 6.07) is 28.4. The van der Waals surface area contributed by atoms with Gasteiger partial charge >= 0.3 is 0 Å². The quantitative estimate of drug-likeness (QED) is 0.197. The Kier molecular flexibility index (Phi) is 10.4. The van der Waals surface area contributed by atoms with Crippen molar-refractivity contribution in [2.24, 2.45) is 11.7 Å². The number of carbonyl (C=O) groups is 1. The molecule has 4 heteroatoms. The number of carbonyl (C=O) groups excluding carboxylic acids is 1. The van der Waals surface area contributed by atoms with Crippen LogP contribution in [0.5, 0.6) is 0 Å². The molecule has 4 rings (SSSR count). The Morgan fingerprint density at radius 3 is 1.67 bits per heavy atom. The SMILES string of the molecule is CCC(CC(C)c1ccc(CCC[n+]2ccc(-c3cc[n+](CCCc4ccccc4)cc3)cc2)cc1)C(N)=O. The van der Waals surface area contributed by atoms with Crippen molar-refractivity contribution in [3.05, 3.63) is 120 Å². The van der Waals surface area contributed by atoms with Gasteiger partial charge in [0, 0.05) is 43.0 Å². The highest BCUT2D eigenvalue weighted by molar-refractivity contribution is 5.76. The van der Waals surface area contributed by atoms with Crippen molar-refractivity contribution >= 4 is 5.91 Å². The Morgan fingerprint density at radius 1 is 0.718 bits per heavy atom. The predicted molar refractivity (Wildman–Crippen MR) is 158 cm³/mol. The molecule has 0 saturated carbocycles. The van der Waals surface area contributed by atoms with E-state index in [1.165, 1.54) is 27.8 Å². The number of nitrogens with zero attached hydrogens (tertiary/aromatic N) is 2. The van der Waals surface area contributed by atoms with Crippen LogP contribution in [0.1, 0.15) is 62.1 Å². The minimum Gasteiger partial charge on any atom is -0.369 e. The molecule has 0 saturated heterocycles. The number of benzene rings is 2.